The second kappa shape index (κ2) is 5.13. The Hall–Kier alpha value is -2.07. The highest BCUT2D eigenvalue weighted by molar-refractivity contribution is 5.42. The molecule has 0 radical (unpaired) electrons. The van der Waals surface area contributed by atoms with Crippen LogP contribution in [-0.4, -0.2) is 18.8 Å². The van der Waals surface area contributed by atoms with Crippen molar-refractivity contribution < 1.29 is 19.0 Å². The van der Waals surface area contributed by atoms with E-state index in [4.69, 9.17) is 9.47 Å². The molecule has 20 heavy (non-hydrogen) atoms. The largest absolute Gasteiger partial charge is 0.494 e. The summed E-state index contributed by atoms with van der Waals surface area (Å²) in [5.41, 5.74) is 1.48. The molecule has 3 rings (SSSR count). The number of aliphatic hydroxyl groups excluding tert-OH is 1. The molecule has 0 aliphatic carbocycles. The minimum absolute atomic E-state index is 0.170. The Kier molecular flexibility index (Phi) is 3.32. The summed E-state index contributed by atoms with van der Waals surface area (Å²) in [5.74, 6) is 0.296. The summed E-state index contributed by atoms with van der Waals surface area (Å²) in [7, 11) is 1.41. The lowest BCUT2D eigenvalue weighted by atomic mass is 9.91. The van der Waals surface area contributed by atoms with Crippen molar-refractivity contribution in [1.29, 1.82) is 0 Å². The van der Waals surface area contributed by atoms with E-state index in [-0.39, 0.29) is 11.7 Å². The Labute approximate surface area is 116 Å². The Morgan fingerprint density at radius 2 is 2.10 bits per heavy atom. The summed E-state index contributed by atoms with van der Waals surface area (Å²) >= 11 is 0. The first-order valence-electron chi connectivity index (χ1n) is 6.44. The van der Waals surface area contributed by atoms with E-state index in [1.807, 2.05) is 24.3 Å². The first kappa shape index (κ1) is 12.9. The zero-order valence-corrected chi connectivity index (χ0v) is 11.0. The molecule has 104 valence electrons. The Morgan fingerprint density at radius 3 is 2.85 bits per heavy atom. The van der Waals surface area contributed by atoms with Gasteiger partial charge in [-0.15, -0.1) is 0 Å². The quantitative estimate of drug-likeness (QED) is 0.935. The predicted octanol–water partition coefficient (Wildman–Crippen LogP) is 3.04. The lowest BCUT2D eigenvalue weighted by Gasteiger charge is -2.18. The van der Waals surface area contributed by atoms with Gasteiger partial charge in [-0.05, 0) is 23.8 Å². The molecule has 4 heteroatoms. The summed E-state index contributed by atoms with van der Waals surface area (Å²) in [6.07, 6.45) is -0.806. The third-order valence-electron chi connectivity index (χ3n) is 3.64. The van der Waals surface area contributed by atoms with Crippen LogP contribution in [0.3, 0.4) is 0 Å². The van der Waals surface area contributed by atoms with E-state index in [1.165, 1.54) is 19.2 Å². The first-order valence-corrected chi connectivity index (χ1v) is 6.44. The molecule has 0 saturated heterocycles. The van der Waals surface area contributed by atoms with E-state index in [0.717, 1.165) is 11.3 Å². The van der Waals surface area contributed by atoms with Crippen molar-refractivity contribution >= 4 is 0 Å². The molecule has 0 bridgehead atoms. The van der Waals surface area contributed by atoms with Crippen LogP contribution in [0.5, 0.6) is 11.5 Å². The number of benzene rings is 2. The van der Waals surface area contributed by atoms with Gasteiger partial charge in [-0.25, -0.2) is 4.39 Å². The number of fused-ring (bicyclic) bond motifs is 1. The van der Waals surface area contributed by atoms with Crippen LogP contribution in [0.1, 0.15) is 23.1 Å². The number of rotatable bonds is 3. The summed E-state index contributed by atoms with van der Waals surface area (Å²) in [4.78, 5) is 0. The average Bonchev–Trinajstić information content (AvgIpc) is 2.90. The minimum atomic E-state index is -0.806. The van der Waals surface area contributed by atoms with Crippen molar-refractivity contribution in [2.45, 2.75) is 12.0 Å². The molecule has 2 atom stereocenters. The number of methoxy groups -OCH3 is 1. The lowest BCUT2D eigenvalue weighted by molar-refractivity contribution is 0.129. The summed E-state index contributed by atoms with van der Waals surface area (Å²) < 4.78 is 24.2. The van der Waals surface area contributed by atoms with Crippen LogP contribution in [0.4, 0.5) is 4.39 Å². The van der Waals surface area contributed by atoms with Crippen molar-refractivity contribution in [2.75, 3.05) is 13.7 Å². The normalized spacial score (nSPS) is 18.2. The smallest absolute Gasteiger partial charge is 0.165 e. The molecule has 0 fully saturated rings. The van der Waals surface area contributed by atoms with E-state index in [1.54, 1.807) is 6.07 Å². The topological polar surface area (TPSA) is 38.7 Å². The van der Waals surface area contributed by atoms with Crippen LogP contribution in [0.2, 0.25) is 0 Å². The maximum atomic E-state index is 13.7. The van der Waals surface area contributed by atoms with Gasteiger partial charge in [-0.3, -0.25) is 0 Å². The van der Waals surface area contributed by atoms with Crippen molar-refractivity contribution in [3.8, 4) is 11.5 Å². The third-order valence-corrected chi connectivity index (χ3v) is 3.64. The molecule has 2 aromatic rings. The van der Waals surface area contributed by atoms with E-state index < -0.39 is 11.9 Å². The predicted molar refractivity (Wildman–Crippen MR) is 72.6 cm³/mol. The van der Waals surface area contributed by atoms with Crippen molar-refractivity contribution in [3.63, 3.8) is 0 Å². The molecule has 1 aliphatic heterocycles. The summed E-state index contributed by atoms with van der Waals surface area (Å²) in [5, 5.41) is 10.5. The highest BCUT2D eigenvalue weighted by atomic mass is 19.1. The molecule has 0 saturated carbocycles. The number of hydrogen-bond donors (Lipinski definition) is 1. The maximum Gasteiger partial charge on any atom is 0.165 e. The molecule has 1 aliphatic rings. The third kappa shape index (κ3) is 2.12. The fourth-order valence-electron chi connectivity index (χ4n) is 2.55. The summed E-state index contributed by atoms with van der Waals surface area (Å²) in [6.45, 7) is 0.397. The van der Waals surface area contributed by atoms with Gasteiger partial charge in [0.1, 0.15) is 5.75 Å². The number of ether oxygens (including phenoxy) is 2. The molecule has 0 amide bonds. The average molecular weight is 274 g/mol. The van der Waals surface area contributed by atoms with Crippen molar-refractivity contribution in [3.05, 3.63) is 59.4 Å². The molecule has 0 aromatic heterocycles. The van der Waals surface area contributed by atoms with Gasteiger partial charge in [0.2, 0.25) is 0 Å². The summed E-state index contributed by atoms with van der Waals surface area (Å²) in [6, 6.07) is 12.1. The second-order valence-corrected chi connectivity index (χ2v) is 4.79. The van der Waals surface area contributed by atoms with Crippen LogP contribution in [0.15, 0.2) is 42.5 Å². The fraction of sp³-hybridized carbons (Fsp3) is 0.250. The van der Waals surface area contributed by atoms with Gasteiger partial charge in [0, 0.05) is 5.56 Å². The van der Waals surface area contributed by atoms with E-state index in [9.17, 15) is 9.50 Å². The fourth-order valence-corrected chi connectivity index (χ4v) is 2.55. The number of para-hydroxylation sites is 1. The van der Waals surface area contributed by atoms with Crippen LogP contribution < -0.4 is 9.47 Å². The molecule has 2 unspecified atom stereocenters. The molecule has 0 spiro atoms. The zero-order chi connectivity index (χ0) is 14.1. The van der Waals surface area contributed by atoms with Crippen LogP contribution in [0, 0.1) is 5.82 Å². The van der Waals surface area contributed by atoms with Gasteiger partial charge in [0.05, 0.1) is 25.7 Å². The number of hydrogen-bond acceptors (Lipinski definition) is 3. The highest BCUT2D eigenvalue weighted by Crippen LogP contribution is 2.41. The lowest BCUT2D eigenvalue weighted by Crippen LogP contribution is -2.12. The van der Waals surface area contributed by atoms with E-state index in [2.05, 4.69) is 0 Å². The van der Waals surface area contributed by atoms with Gasteiger partial charge in [-0.1, -0.05) is 24.3 Å². The first-order chi connectivity index (χ1) is 9.70. The Bertz CT molecular complexity index is 627. The van der Waals surface area contributed by atoms with Gasteiger partial charge in [0.15, 0.2) is 11.6 Å². The van der Waals surface area contributed by atoms with E-state index in [0.29, 0.717) is 12.2 Å². The van der Waals surface area contributed by atoms with Crippen molar-refractivity contribution in [2.24, 2.45) is 0 Å². The molecule has 1 N–H and O–H groups in total. The molecule has 3 nitrogen and oxygen atoms in total. The molecule has 2 aromatic carbocycles. The maximum absolute atomic E-state index is 13.7. The van der Waals surface area contributed by atoms with Crippen LogP contribution in [-0.2, 0) is 0 Å². The van der Waals surface area contributed by atoms with Crippen LogP contribution in [0.25, 0.3) is 0 Å². The van der Waals surface area contributed by atoms with Crippen LogP contribution >= 0.6 is 0 Å². The second-order valence-electron chi connectivity index (χ2n) is 4.79. The number of aliphatic hydroxyl groups is 1. The van der Waals surface area contributed by atoms with E-state index >= 15 is 0 Å². The SMILES string of the molecule is COc1ccc(C(O)C2COc3ccccc32)cc1F. The monoisotopic (exact) mass is 274 g/mol. The molecule has 1 heterocycles. The zero-order valence-electron chi connectivity index (χ0n) is 11.0. The number of halogens is 1. The standard InChI is InChI=1S/C16H15FO3/c1-19-15-7-6-10(8-13(15)17)16(18)12-9-20-14-5-3-2-4-11(12)14/h2-8,12,16,18H,9H2,1H3. The minimum Gasteiger partial charge on any atom is -0.494 e. The molecular weight excluding hydrogens is 259 g/mol. The Balaban J connectivity index is 1.90. The van der Waals surface area contributed by atoms with Gasteiger partial charge in [-0.2, -0.15) is 0 Å². The van der Waals surface area contributed by atoms with Gasteiger partial charge < -0.3 is 14.6 Å². The Morgan fingerprint density at radius 1 is 1.30 bits per heavy atom. The van der Waals surface area contributed by atoms with Gasteiger partial charge >= 0.3 is 0 Å². The van der Waals surface area contributed by atoms with Crippen molar-refractivity contribution in [1.82, 2.24) is 0 Å². The molecular formula is C16H15FO3. The highest BCUT2D eigenvalue weighted by Gasteiger charge is 2.31. The van der Waals surface area contributed by atoms with Gasteiger partial charge in [0.25, 0.3) is 0 Å².